The summed E-state index contributed by atoms with van der Waals surface area (Å²) in [7, 11) is 0. The Morgan fingerprint density at radius 2 is 2.33 bits per heavy atom. The van der Waals surface area contributed by atoms with Gasteiger partial charge in [-0.3, -0.25) is 0 Å². The van der Waals surface area contributed by atoms with Crippen molar-refractivity contribution in [1.29, 1.82) is 0 Å². The van der Waals surface area contributed by atoms with Crippen LogP contribution in [0.1, 0.15) is 12.5 Å². The third kappa shape index (κ3) is 2.29. The van der Waals surface area contributed by atoms with Gasteiger partial charge in [-0.05, 0) is 16.5 Å². The van der Waals surface area contributed by atoms with Gasteiger partial charge in [-0.15, -0.1) is 11.8 Å². The molecular weight excluding hydrogens is 200 g/mol. The molecule has 1 heteroatoms. The summed E-state index contributed by atoms with van der Waals surface area (Å²) in [5, 5.41) is 2.47. The summed E-state index contributed by atoms with van der Waals surface area (Å²) >= 11 is 1.90. The maximum atomic E-state index is 4.05. The van der Waals surface area contributed by atoms with Crippen molar-refractivity contribution in [3.63, 3.8) is 0 Å². The van der Waals surface area contributed by atoms with Crippen LogP contribution in [0.4, 0.5) is 0 Å². The molecule has 0 atom stereocenters. The SMILES string of the molecule is C=c1ccc(=C2C=CCS2)cc1C[CH+]C. The van der Waals surface area contributed by atoms with Gasteiger partial charge in [0.15, 0.2) is 0 Å². The molecule has 1 aliphatic heterocycles. The van der Waals surface area contributed by atoms with E-state index in [9.17, 15) is 0 Å². The third-order valence-corrected chi connectivity index (χ3v) is 3.56. The monoisotopic (exact) mass is 215 g/mol. The molecule has 1 aromatic carbocycles. The first-order valence-electron chi connectivity index (χ1n) is 5.20. The van der Waals surface area contributed by atoms with E-state index in [2.05, 4.69) is 50.3 Å². The van der Waals surface area contributed by atoms with Crippen LogP contribution in [0.25, 0.3) is 11.5 Å². The number of hydrogen-bond acceptors (Lipinski definition) is 1. The van der Waals surface area contributed by atoms with E-state index in [1.807, 2.05) is 11.8 Å². The fourth-order valence-corrected chi connectivity index (χ4v) is 2.57. The average molecular weight is 215 g/mol. The van der Waals surface area contributed by atoms with Gasteiger partial charge in [0, 0.05) is 16.2 Å². The summed E-state index contributed by atoms with van der Waals surface area (Å²) in [5.41, 5.74) is 1.34. The fourth-order valence-electron chi connectivity index (χ4n) is 1.71. The van der Waals surface area contributed by atoms with Gasteiger partial charge in [-0.2, -0.15) is 0 Å². The van der Waals surface area contributed by atoms with Crippen LogP contribution in [0.15, 0.2) is 30.4 Å². The Morgan fingerprint density at radius 3 is 3.00 bits per heavy atom. The van der Waals surface area contributed by atoms with Gasteiger partial charge >= 0.3 is 0 Å². The molecule has 76 valence electrons. The Hall–Kier alpha value is -1.08. The Labute approximate surface area is 95.4 Å². The number of hydrogen-bond donors (Lipinski definition) is 0. The molecule has 15 heavy (non-hydrogen) atoms. The second-order valence-electron chi connectivity index (χ2n) is 3.67. The minimum Gasteiger partial charge on any atom is -0.121 e. The largest absolute Gasteiger partial charge is 0.121 e. The zero-order valence-corrected chi connectivity index (χ0v) is 9.81. The molecule has 1 heterocycles. The number of benzene rings is 1. The van der Waals surface area contributed by atoms with Crippen LogP contribution in [0.3, 0.4) is 0 Å². The van der Waals surface area contributed by atoms with Crippen molar-refractivity contribution < 1.29 is 0 Å². The Morgan fingerprint density at radius 1 is 1.47 bits per heavy atom. The van der Waals surface area contributed by atoms with Crippen molar-refractivity contribution >= 4 is 23.2 Å². The lowest BCUT2D eigenvalue weighted by atomic mass is 10.1. The number of thioether (sulfide) groups is 1. The van der Waals surface area contributed by atoms with Gasteiger partial charge < -0.3 is 0 Å². The topological polar surface area (TPSA) is 0 Å². The molecule has 1 aliphatic rings. The molecule has 0 saturated carbocycles. The zero-order valence-electron chi connectivity index (χ0n) is 8.99. The van der Waals surface area contributed by atoms with E-state index >= 15 is 0 Å². The van der Waals surface area contributed by atoms with Crippen LogP contribution in [0.5, 0.6) is 0 Å². The minimum absolute atomic E-state index is 1.01. The lowest BCUT2D eigenvalue weighted by Gasteiger charge is -1.98. The van der Waals surface area contributed by atoms with Gasteiger partial charge in [0.1, 0.15) is 6.42 Å². The standard InChI is InChI=1S/C14H15S/c1-3-5-12-10-13(8-7-11(12)2)14-6-4-9-15-14/h3-4,6-8,10H,2,5,9H2,1H3/q+1. The molecular formula is C14H15S+. The van der Waals surface area contributed by atoms with Crippen LogP contribution >= 0.6 is 11.8 Å². The fraction of sp³-hybridized carbons (Fsp3) is 0.214. The summed E-state index contributed by atoms with van der Waals surface area (Å²) < 4.78 is 0. The van der Waals surface area contributed by atoms with Crippen molar-refractivity contribution in [1.82, 2.24) is 0 Å². The highest BCUT2D eigenvalue weighted by molar-refractivity contribution is 8.08. The molecule has 0 aromatic heterocycles. The lowest BCUT2D eigenvalue weighted by Crippen LogP contribution is -2.14. The predicted molar refractivity (Wildman–Crippen MR) is 69.9 cm³/mol. The summed E-state index contributed by atoms with van der Waals surface area (Å²) in [6, 6.07) is 6.55. The smallest absolute Gasteiger partial charge is 0.113 e. The van der Waals surface area contributed by atoms with E-state index in [1.54, 1.807) is 0 Å². The molecule has 0 N–H and O–H groups in total. The first kappa shape index (κ1) is 10.4. The maximum Gasteiger partial charge on any atom is 0.113 e. The quantitative estimate of drug-likeness (QED) is 0.682. The highest BCUT2D eigenvalue weighted by Crippen LogP contribution is 2.23. The summed E-state index contributed by atoms with van der Waals surface area (Å²) in [4.78, 5) is 1.38. The molecule has 0 spiro atoms. The molecule has 0 amide bonds. The van der Waals surface area contributed by atoms with Gasteiger partial charge in [-0.25, -0.2) is 0 Å². The number of rotatable bonds is 2. The van der Waals surface area contributed by atoms with Gasteiger partial charge in [0.05, 0.1) is 13.3 Å². The molecule has 1 aromatic rings. The second-order valence-corrected chi connectivity index (χ2v) is 4.74. The van der Waals surface area contributed by atoms with Crippen LogP contribution in [-0.4, -0.2) is 5.75 Å². The summed E-state index contributed by atoms with van der Waals surface area (Å²) in [5.74, 6) is 1.11. The molecule has 0 nitrogen and oxygen atoms in total. The van der Waals surface area contributed by atoms with Crippen molar-refractivity contribution in [3.8, 4) is 0 Å². The summed E-state index contributed by atoms with van der Waals surface area (Å²) in [6.07, 6.45) is 7.61. The normalized spacial score (nSPS) is 18.2. The van der Waals surface area contributed by atoms with Gasteiger partial charge in [-0.1, -0.05) is 30.9 Å². The van der Waals surface area contributed by atoms with E-state index < -0.39 is 0 Å². The zero-order chi connectivity index (χ0) is 10.7. The van der Waals surface area contributed by atoms with E-state index in [0.717, 1.165) is 17.4 Å². The average Bonchev–Trinajstić information content (AvgIpc) is 2.75. The molecule has 0 aliphatic carbocycles. The van der Waals surface area contributed by atoms with Gasteiger partial charge in [0.2, 0.25) is 0 Å². The molecule has 2 rings (SSSR count). The lowest BCUT2D eigenvalue weighted by molar-refractivity contribution is 1.12. The van der Waals surface area contributed by atoms with Crippen molar-refractivity contribution in [2.45, 2.75) is 13.3 Å². The van der Waals surface area contributed by atoms with E-state index in [4.69, 9.17) is 0 Å². The third-order valence-electron chi connectivity index (χ3n) is 2.52. The van der Waals surface area contributed by atoms with Crippen LogP contribution < -0.4 is 10.4 Å². The second kappa shape index (κ2) is 4.63. The van der Waals surface area contributed by atoms with Crippen LogP contribution in [0.2, 0.25) is 0 Å². The first-order chi connectivity index (χ1) is 7.31. The predicted octanol–water partition coefficient (Wildman–Crippen LogP) is 2.27. The molecule has 0 unspecified atom stereocenters. The highest BCUT2D eigenvalue weighted by Gasteiger charge is 2.03. The van der Waals surface area contributed by atoms with Crippen molar-refractivity contribution in [3.05, 3.63) is 52.8 Å². The first-order valence-corrected chi connectivity index (χ1v) is 6.19. The summed E-state index contributed by atoms with van der Waals surface area (Å²) in [6.45, 7) is 6.14. The Balaban J connectivity index is 2.51. The molecule has 0 saturated heterocycles. The molecule has 0 radical (unpaired) electrons. The molecule has 0 fully saturated rings. The van der Waals surface area contributed by atoms with E-state index in [1.165, 1.54) is 15.7 Å². The van der Waals surface area contributed by atoms with E-state index in [-0.39, 0.29) is 0 Å². The van der Waals surface area contributed by atoms with Crippen molar-refractivity contribution in [2.24, 2.45) is 0 Å². The van der Waals surface area contributed by atoms with Gasteiger partial charge in [0.25, 0.3) is 0 Å². The van der Waals surface area contributed by atoms with Crippen LogP contribution in [-0.2, 0) is 6.42 Å². The Bertz CT molecular complexity index is 483. The van der Waals surface area contributed by atoms with Crippen molar-refractivity contribution in [2.75, 3.05) is 5.75 Å². The highest BCUT2D eigenvalue weighted by atomic mass is 32.2. The van der Waals surface area contributed by atoms with Crippen LogP contribution in [0, 0.1) is 6.42 Å². The van der Waals surface area contributed by atoms with E-state index in [0.29, 0.717) is 0 Å². The molecule has 0 bridgehead atoms. The maximum absolute atomic E-state index is 4.05. The Kier molecular flexibility index (Phi) is 3.22. The minimum atomic E-state index is 1.01.